The van der Waals surface area contributed by atoms with Crippen LogP contribution in [0.2, 0.25) is 0 Å². The third-order valence-electron chi connectivity index (χ3n) is 3.05. The average molecular weight is 242 g/mol. The van der Waals surface area contributed by atoms with Gasteiger partial charge in [-0.1, -0.05) is 48.0 Å². The summed E-state index contributed by atoms with van der Waals surface area (Å²) in [4.78, 5) is 11.2. The Morgan fingerprint density at radius 3 is 2.39 bits per heavy atom. The van der Waals surface area contributed by atoms with Crippen LogP contribution in [0.5, 0.6) is 0 Å². The van der Waals surface area contributed by atoms with Crippen molar-refractivity contribution in [3.05, 3.63) is 71.0 Å². The van der Waals surface area contributed by atoms with Gasteiger partial charge in [0.1, 0.15) is 12.1 Å². The van der Waals surface area contributed by atoms with Gasteiger partial charge in [0.05, 0.1) is 0 Å². The molecule has 0 saturated carbocycles. The average Bonchev–Trinajstić information content (AvgIpc) is 2.39. The molecule has 0 aliphatic heterocycles. The van der Waals surface area contributed by atoms with Crippen LogP contribution < -0.4 is 0 Å². The Kier molecular flexibility index (Phi) is 3.88. The first-order valence-electron chi connectivity index (χ1n) is 5.96. The van der Waals surface area contributed by atoms with Gasteiger partial charge in [-0.3, -0.25) is 0 Å². The van der Waals surface area contributed by atoms with Gasteiger partial charge in [0.2, 0.25) is 0 Å². The molecule has 0 N–H and O–H groups in total. The number of benzene rings is 2. The summed E-state index contributed by atoms with van der Waals surface area (Å²) in [7, 11) is 0. The van der Waals surface area contributed by atoms with Gasteiger partial charge in [-0.25, -0.2) is 4.39 Å². The first kappa shape index (κ1) is 12.5. The van der Waals surface area contributed by atoms with Crippen molar-refractivity contribution >= 4 is 6.29 Å². The molecule has 2 rings (SSSR count). The second kappa shape index (κ2) is 5.58. The molecule has 1 atom stereocenters. The number of rotatable bonds is 4. The van der Waals surface area contributed by atoms with Crippen LogP contribution in [0.15, 0.2) is 48.5 Å². The summed E-state index contributed by atoms with van der Waals surface area (Å²) in [6, 6.07) is 14.4. The van der Waals surface area contributed by atoms with Gasteiger partial charge >= 0.3 is 0 Å². The molecule has 0 aliphatic rings. The third-order valence-corrected chi connectivity index (χ3v) is 3.05. The fourth-order valence-corrected chi connectivity index (χ4v) is 1.99. The van der Waals surface area contributed by atoms with Gasteiger partial charge in [-0.15, -0.1) is 0 Å². The number of carbonyl (C=O) groups is 1. The van der Waals surface area contributed by atoms with Gasteiger partial charge in [0, 0.05) is 5.92 Å². The summed E-state index contributed by atoms with van der Waals surface area (Å²) in [5.41, 5.74) is 2.68. The SMILES string of the molecule is Cc1ccc(CC(C=O)c2ccccc2F)cc1. The summed E-state index contributed by atoms with van der Waals surface area (Å²) in [5, 5.41) is 0. The van der Waals surface area contributed by atoms with Crippen LogP contribution in [0.25, 0.3) is 0 Å². The van der Waals surface area contributed by atoms with Crippen LogP contribution in [-0.4, -0.2) is 6.29 Å². The Bertz CT molecular complexity index is 531. The molecule has 2 aromatic rings. The highest BCUT2D eigenvalue weighted by Crippen LogP contribution is 2.21. The third kappa shape index (κ3) is 2.83. The minimum absolute atomic E-state index is 0.318. The summed E-state index contributed by atoms with van der Waals surface area (Å²) in [6.45, 7) is 2.01. The second-order valence-electron chi connectivity index (χ2n) is 4.45. The molecule has 92 valence electrons. The molecule has 2 aromatic carbocycles. The monoisotopic (exact) mass is 242 g/mol. The van der Waals surface area contributed by atoms with E-state index in [9.17, 15) is 9.18 Å². The fourth-order valence-electron chi connectivity index (χ4n) is 1.99. The molecule has 0 spiro atoms. The summed E-state index contributed by atoms with van der Waals surface area (Å²) in [6.07, 6.45) is 1.35. The number of aldehydes is 1. The number of carbonyl (C=O) groups excluding carboxylic acids is 1. The predicted molar refractivity (Wildman–Crippen MR) is 70.1 cm³/mol. The minimum atomic E-state index is -0.422. The molecule has 0 radical (unpaired) electrons. The normalized spacial score (nSPS) is 12.1. The largest absolute Gasteiger partial charge is 0.303 e. The van der Waals surface area contributed by atoms with E-state index >= 15 is 0 Å². The molecule has 2 heteroatoms. The minimum Gasteiger partial charge on any atom is -0.303 e. The summed E-state index contributed by atoms with van der Waals surface area (Å²) in [5.74, 6) is -0.740. The van der Waals surface area contributed by atoms with E-state index < -0.39 is 5.92 Å². The highest BCUT2D eigenvalue weighted by Gasteiger charge is 2.14. The fraction of sp³-hybridized carbons (Fsp3) is 0.188. The standard InChI is InChI=1S/C16H15FO/c1-12-6-8-13(9-7-12)10-14(11-18)15-4-2-3-5-16(15)17/h2-9,11,14H,10H2,1H3. The topological polar surface area (TPSA) is 17.1 Å². The van der Waals surface area contributed by atoms with Crippen molar-refractivity contribution < 1.29 is 9.18 Å². The zero-order valence-electron chi connectivity index (χ0n) is 10.3. The molecular formula is C16H15FO. The number of hydrogen-bond donors (Lipinski definition) is 0. The van der Waals surface area contributed by atoms with Gasteiger partial charge < -0.3 is 4.79 Å². The molecule has 0 fully saturated rings. The molecule has 1 unspecified atom stereocenters. The molecule has 0 aliphatic carbocycles. The van der Waals surface area contributed by atoms with Crippen molar-refractivity contribution in [2.45, 2.75) is 19.3 Å². The lowest BCUT2D eigenvalue weighted by Gasteiger charge is -2.11. The molecule has 0 bridgehead atoms. The molecule has 0 amide bonds. The number of aryl methyl sites for hydroxylation is 1. The first-order valence-corrected chi connectivity index (χ1v) is 5.96. The van der Waals surface area contributed by atoms with Gasteiger partial charge in [-0.2, -0.15) is 0 Å². The molecule has 0 heterocycles. The molecular weight excluding hydrogens is 227 g/mol. The van der Waals surface area contributed by atoms with Gasteiger partial charge in [0.25, 0.3) is 0 Å². The van der Waals surface area contributed by atoms with Crippen molar-refractivity contribution in [2.24, 2.45) is 0 Å². The highest BCUT2D eigenvalue weighted by atomic mass is 19.1. The Labute approximate surface area is 106 Å². The van der Waals surface area contributed by atoms with Crippen molar-refractivity contribution in [2.75, 3.05) is 0 Å². The van der Waals surface area contributed by atoms with Crippen LogP contribution in [0.3, 0.4) is 0 Å². The molecule has 18 heavy (non-hydrogen) atoms. The van der Waals surface area contributed by atoms with E-state index in [1.807, 2.05) is 31.2 Å². The van der Waals surface area contributed by atoms with Crippen molar-refractivity contribution in [3.8, 4) is 0 Å². The van der Waals surface area contributed by atoms with Crippen molar-refractivity contribution in [1.29, 1.82) is 0 Å². The van der Waals surface area contributed by atoms with Crippen molar-refractivity contribution in [1.82, 2.24) is 0 Å². The van der Waals surface area contributed by atoms with E-state index in [1.165, 1.54) is 11.6 Å². The van der Waals surface area contributed by atoms with Crippen LogP contribution >= 0.6 is 0 Å². The Morgan fingerprint density at radius 2 is 1.78 bits per heavy atom. The summed E-state index contributed by atoms with van der Waals surface area (Å²) >= 11 is 0. The first-order chi connectivity index (χ1) is 8.70. The Morgan fingerprint density at radius 1 is 1.11 bits per heavy atom. The highest BCUT2D eigenvalue weighted by molar-refractivity contribution is 5.63. The zero-order chi connectivity index (χ0) is 13.0. The van der Waals surface area contributed by atoms with Crippen LogP contribution in [0.1, 0.15) is 22.6 Å². The lowest BCUT2D eigenvalue weighted by molar-refractivity contribution is -0.109. The lowest BCUT2D eigenvalue weighted by atomic mass is 9.92. The lowest BCUT2D eigenvalue weighted by Crippen LogP contribution is -2.06. The van der Waals surface area contributed by atoms with Crippen LogP contribution in [0.4, 0.5) is 4.39 Å². The number of hydrogen-bond acceptors (Lipinski definition) is 1. The Hall–Kier alpha value is -1.96. The predicted octanol–water partition coefficient (Wildman–Crippen LogP) is 3.66. The van der Waals surface area contributed by atoms with Crippen LogP contribution in [-0.2, 0) is 11.2 Å². The van der Waals surface area contributed by atoms with E-state index in [4.69, 9.17) is 0 Å². The van der Waals surface area contributed by atoms with E-state index in [2.05, 4.69) is 0 Å². The zero-order valence-corrected chi connectivity index (χ0v) is 10.3. The Balaban J connectivity index is 2.22. The quantitative estimate of drug-likeness (QED) is 0.748. The van der Waals surface area contributed by atoms with Gasteiger partial charge in [-0.05, 0) is 30.5 Å². The van der Waals surface area contributed by atoms with Crippen molar-refractivity contribution in [3.63, 3.8) is 0 Å². The van der Waals surface area contributed by atoms with Gasteiger partial charge in [0.15, 0.2) is 0 Å². The maximum Gasteiger partial charge on any atom is 0.127 e. The molecule has 1 nitrogen and oxygen atoms in total. The maximum atomic E-state index is 13.6. The van der Waals surface area contributed by atoms with E-state index in [1.54, 1.807) is 18.2 Å². The van der Waals surface area contributed by atoms with E-state index in [-0.39, 0.29) is 5.82 Å². The molecule has 0 saturated heterocycles. The van der Waals surface area contributed by atoms with Crippen LogP contribution in [0, 0.1) is 12.7 Å². The van der Waals surface area contributed by atoms with E-state index in [0.29, 0.717) is 12.0 Å². The smallest absolute Gasteiger partial charge is 0.127 e. The number of halogens is 1. The maximum absolute atomic E-state index is 13.6. The molecule has 0 aromatic heterocycles. The van der Waals surface area contributed by atoms with E-state index in [0.717, 1.165) is 11.8 Å². The summed E-state index contributed by atoms with van der Waals surface area (Å²) < 4.78 is 13.6. The second-order valence-corrected chi connectivity index (χ2v) is 4.45.